The van der Waals surface area contributed by atoms with E-state index in [1.54, 1.807) is 0 Å². The molecule has 1 heterocycles. The van der Waals surface area contributed by atoms with Crippen molar-refractivity contribution in [2.45, 2.75) is 71.0 Å². The lowest BCUT2D eigenvalue weighted by atomic mass is 10.00. The molecule has 0 fully saturated rings. The first-order valence-electron chi connectivity index (χ1n) is 13.9. The predicted octanol–water partition coefficient (Wildman–Crippen LogP) is 3.36. The molecule has 39 heavy (non-hydrogen) atoms. The summed E-state index contributed by atoms with van der Waals surface area (Å²) >= 11 is 2.26. The van der Waals surface area contributed by atoms with E-state index in [0.29, 0.717) is 32.5 Å². The van der Waals surface area contributed by atoms with Crippen LogP contribution >= 0.6 is 22.6 Å². The molecule has 212 valence electrons. The lowest BCUT2D eigenvalue weighted by Gasteiger charge is -2.27. The Balaban J connectivity index is 1.86. The van der Waals surface area contributed by atoms with Gasteiger partial charge in [0.05, 0.1) is 6.04 Å². The second-order valence-electron chi connectivity index (χ2n) is 10.3. The quantitative estimate of drug-likeness (QED) is 0.372. The minimum Gasteiger partial charge on any atom is -0.492 e. The van der Waals surface area contributed by atoms with Crippen molar-refractivity contribution in [3.05, 3.63) is 63.2 Å². The highest BCUT2D eigenvalue weighted by Gasteiger charge is 2.30. The fraction of sp³-hybridized carbons (Fsp3) is 0.500. The predicted molar refractivity (Wildman–Crippen MR) is 162 cm³/mol. The van der Waals surface area contributed by atoms with Crippen LogP contribution in [0.5, 0.6) is 5.75 Å². The Labute approximate surface area is 245 Å². The number of aryl methyl sites for hydroxylation is 1. The summed E-state index contributed by atoms with van der Waals surface area (Å²) in [5, 5.41) is 12.2. The number of para-hydroxylation sites is 1. The Kier molecular flexibility index (Phi) is 12.5. The van der Waals surface area contributed by atoms with E-state index in [1.165, 1.54) is 0 Å². The number of rotatable bonds is 5. The number of hydrogen-bond donors (Lipinski definition) is 4. The molecule has 3 amide bonds. The number of ether oxygens (including phenoxy) is 1. The fourth-order valence-electron chi connectivity index (χ4n) is 4.62. The number of fused-ring (bicyclic) bond motifs is 1. The molecule has 4 N–H and O–H groups in total. The molecule has 8 nitrogen and oxygen atoms in total. The van der Waals surface area contributed by atoms with Crippen LogP contribution in [0.4, 0.5) is 0 Å². The third-order valence-electron chi connectivity index (χ3n) is 6.75. The van der Waals surface area contributed by atoms with Gasteiger partial charge in [0.25, 0.3) is 0 Å². The van der Waals surface area contributed by atoms with Crippen molar-refractivity contribution in [2.24, 2.45) is 5.92 Å². The highest BCUT2D eigenvalue weighted by atomic mass is 127. The Morgan fingerprint density at radius 1 is 0.949 bits per heavy atom. The van der Waals surface area contributed by atoms with Gasteiger partial charge in [0.15, 0.2) is 0 Å². The average molecular weight is 649 g/mol. The summed E-state index contributed by atoms with van der Waals surface area (Å²) < 4.78 is 7.17. The molecule has 1 aliphatic heterocycles. The van der Waals surface area contributed by atoms with Crippen LogP contribution in [-0.2, 0) is 27.2 Å². The summed E-state index contributed by atoms with van der Waals surface area (Å²) in [5.74, 6) is -0.175. The SMILES string of the molecule is CCC[C@@H]1NC(=O)[C@@H](C(C)C)NC(=O)[C@@H](Cc2cccc(I)c2)NCCOc2ccccc2CCCNC1=O. The van der Waals surface area contributed by atoms with Crippen LogP contribution in [0.15, 0.2) is 48.5 Å². The van der Waals surface area contributed by atoms with Gasteiger partial charge in [-0.15, -0.1) is 0 Å². The standard InChI is InChI=1S/C30H41IN4O4/c1-4-9-24-28(36)33-15-8-12-22-11-5-6-14-26(22)39-17-16-32-25(19-21-10-7-13-23(31)18-21)29(37)35-27(20(2)3)30(38)34-24/h5-7,10-11,13-14,18,20,24-25,27,32H,4,8-9,12,15-17,19H2,1-3H3,(H,33,36)(H,34,38)(H,35,37)/t24-,25+,27+/m0/s1. The van der Waals surface area contributed by atoms with E-state index < -0.39 is 18.1 Å². The zero-order valence-electron chi connectivity index (χ0n) is 23.1. The molecule has 0 saturated carbocycles. The van der Waals surface area contributed by atoms with Gasteiger partial charge in [-0.25, -0.2) is 0 Å². The molecular formula is C30H41IN4O4. The normalized spacial score (nSPS) is 22.0. The van der Waals surface area contributed by atoms with E-state index in [1.807, 2.05) is 69.3 Å². The van der Waals surface area contributed by atoms with Gasteiger partial charge in [-0.1, -0.05) is 57.5 Å². The van der Waals surface area contributed by atoms with Crippen molar-refractivity contribution in [1.82, 2.24) is 21.3 Å². The molecule has 2 aromatic carbocycles. The number of carbonyl (C=O) groups excluding carboxylic acids is 3. The van der Waals surface area contributed by atoms with Crippen LogP contribution in [0.3, 0.4) is 0 Å². The molecule has 0 spiro atoms. The number of carbonyl (C=O) groups is 3. The Bertz CT molecular complexity index is 1110. The van der Waals surface area contributed by atoms with Crippen molar-refractivity contribution in [1.29, 1.82) is 0 Å². The highest BCUT2D eigenvalue weighted by Crippen LogP contribution is 2.19. The molecule has 0 unspecified atom stereocenters. The van der Waals surface area contributed by atoms with Crippen molar-refractivity contribution >= 4 is 40.3 Å². The Morgan fingerprint density at radius 3 is 2.49 bits per heavy atom. The van der Waals surface area contributed by atoms with E-state index in [4.69, 9.17) is 4.74 Å². The van der Waals surface area contributed by atoms with Gasteiger partial charge >= 0.3 is 0 Å². The molecule has 3 rings (SSSR count). The monoisotopic (exact) mass is 648 g/mol. The van der Waals surface area contributed by atoms with Crippen LogP contribution in [-0.4, -0.2) is 55.5 Å². The molecule has 0 bridgehead atoms. The maximum atomic E-state index is 13.6. The summed E-state index contributed by atoms with van der Waals surface area (Å²) in [5.41, 5.74) is 2.09. The Hall–Kier alpha value is -2.66. The number of nitrogens with one attached hydrogen (secondary N) is 4. The lowest BCUT2D eigenvalue weighted by molar-refractivity contribution is -0.133. The molecule has 1 aliphatic rings. The molecule has 0 saturated heterocycles. The number of halogens is 1. The van der Waals surface area contributed by atoms with Gasteiger partial charge in [0, 0.05) is 16.7 Å². The molecule has 3 atom stereocenters. The lowest BCUT2D eigenvalue weighted by Crippen LogP contribution is -2.58. The zero-order chi connectivity index (χ0) is 28.2. The highest BCUT2D eigenvalue weighted by molar-refractivity contribution is 14.1. The third-order valence-corrected chi connectivity index (χ3v) is 7.42. The maximum Gasteiger partial charge on any atom is 0.243 e. The minimum absolute atomic E-state index is 0.164. The summed E-state index contributed by atoms with van der Waals surface area (Å²) in [6, 6.07) is 13.9. The summed E-state index contributed by atoms with van der Waals surface area (Å²) in [6.45, 7) is 7.09. The van der Waals surface area contributed by atoms with Crippen molar-refractivity contribution < 1.29 is 19.1 Å². The molecule has 0 aliphatic carbocycles. The van der Waals surface area contributed by atoms with Crippen molar-refractivity contribution in [3.63, 3.8) is 0 Å². The van der Waals surface area contributed by atoms with E-state index in [9.17, 15) is 14.4 Å². The van der Waals surface area contributed by atoms with E-state index in [2.05, 4.69) is 43.9 Å². The van der Waals surface area contributed by atoms with E-state index in [0.717, 1.165) is 39.7 Å². The maximum absolute atomic E-state index is 13.6. The molecule has 0 radical (unpaired) electrons. The Morgan fingerprint density at radius 2 is 1.74 bits per heavy atom. The second kappa shape index (κ2) is 15.8. The molecule has 9 heteroatoms. The first-order valence-corrected chi connectivity index (χ1v) is 14.9. The van der Waals surface area contributed by atoms with Crippen molar-refractivity contribution in [3.8, 4) is 5.75 Å². The van der Waals surface area contributed by atoms with Crippen LogP contribution in [0.25, 0.3) is 0 Å². The number of amides is 3. The van der Waals surface area contributed by atoms with Gasteiger partial charge in [0.1, 0.15) is 24.4 Å². The third kappa shape index (κ3) is 9.79. The number of hydrogen-bond acceptors (Lipinski definition) is 5. The smallest absolute Gasteiger partial charge is 0.243 e. The largest absolute Gasteiger partial charge is 0.492 e. The van der Waals surface area contributed by atoms with Crippen molar-refractivity contribution in [2.75, 3.05) is 19.7 Å². The summed E-state index contributed by atoms with van der Waals surface area (Å²) in [7, 11) is 0. The van der Waals surface area contributed by atoms with Crippen LogP contribution in [0.2, 0.25) is 0 Å². The second-order valence-corrected chi connectivity index (χ2v) is 11.5. The molecule has 2 aromatic rings. The van der Waals surface area contributed by atoms with Gasteiger partial charge in [-0.2, -0.15) is 0 Å². The van der Waals surface area contributed by atoms with Gasteiger partial charge < -0.3 is 26.0 Å². The number of benzene rings is 2. The molecule has 0 aromatic heterocycles. The molecular weight excluding hydrogens is 607 g/mol. The van der Waals surface area contributed by atoms with Gasteiger partial charge in [0.2, 0.25) is 17.7 Å². The summed E-state index contributed by atoms with van der Waals surface area (Å²) in [4.78, 5) is 39.8. The van der Waals surface area contributed by atoms with Gasteiger partial charge in [-0.3, -0.25) is 14.4 Å². The zero-order valence-corrected chi connectivity index (χ0v) is 25.3. The fourth-order valence-corrected chi connectivity index (χ4v) is 5.23. The first kappa shape index (κ1) is 30.9. The van der Waals surface area contributed by atoms with Gasteiger partial charge in [-0.05, 0) is 83.5 Å². The van der Waals surface area contributed by atoms with Crippen LogP contribution in [0.1, 0.15) is 51.2 Å². The van der Waals surface area contributed by atoms with E-state index in [-0.39, 0.29) is 23.6 Å². The average Bonchev–Trinajstić information content (AvgIpc) is 2.90. The first-order chi connectivity index (χ1) is 18.8. The summed E-state index contributed by atoms with van der Waals surface area (Å²) in [6.07, 6.45) is 3.22. The van der Waals surface area contributed by atoms with Crippen LogP contribution < -0.4 is 26.0 Å². The minimum atomic E-state index is -0.771. The van der Waals surface area contributed by atoms with Crippen LogP contribution in [0, 0.1) is 9.49 Å². The van der Waals surface area contributed by atoms with E-state index >= 15 is 0 Å². The topological polar surface area (TPSA) is 109 Å².